The van der Waals surface area contributed by atoms with E-state index in [4.69, 9.17) is 0 Å². The number of hydrogen-bond acceptors (Lipinski definition) is 2. The standard InChI is InChI=1S/C21H18N4O/c1-15-10-11-18-17(13-15)20(24-23-18)21(26)22-19-9-5-6-12-25(19)14-16-7-3-2-4-8-16/h2-13H,14H2,1H3,(H,23,24). The first-order valence-electron chi connectivity index (χ1n) is 8.44. The Balaban J connectivity index is 1.74. The summed E-state index contributed by atoms with van der Waals surface area (Å²) >= 11 is 0. The number of hydrogen-bond donors (Lipinski definition) is 1. The minimum atomic E-state index is -0.352. The summed E-state index contributed by atoms with van der Waals surface area (Å²) in [6, 6.07) is 21.6. The second-order valence-electron chi connectivity index (χ2n) is 6.21. The topological polar surface area (TPSA) is 63.0 Å². The van der Waals surface area contributed by atoms with Crippen molar-refractivity contribution in [3.63, 3.8) is 0 Å². The van der Waals surface area contributed by atoms with E-state index in [-0.39, 0.29) is 5.91 Å². The van der Waals surface area contributed by atoms with Gasteiger partial charge in [0.2, 0.25) is 0 Å². The first-order valence-corrected chi connectivity index (χ1v) is 8.44. The molecule has 0 aliphatic heterocycles. The van der Waals surface area contributed by atoms with Gasteiger partial charge in [0.1, 0.15) is 5.49 Å². The van der Waals surface area contributed by atoms with Crippen molar-refractivity contribution < 1.29 is 4.79 Å². The van der Waals surface area contributed by atoms with Gasteiger partial charge in [-0.3, -0.25) is 9.89 Å². The minimum Gasteiger partial charge on any atom is -0.328 e. The molecule has 128 valence electrons. The highest BCUT2D eigenvalue weighted by molar-refractivity contribution is 6.05. The average molecular weight is 342 g/mol. The Morgan fingerprint density at radius 2 is 1.88 bits per heavy atom. The number of fused-ring (bicyclic) bond motifs is 1. The summed E-state index contributed by atoms with van der Waals surface area (Å²) in [4.78, 5) is 17.1. The van der Waals surface area contributed by atoms with E-state index in [2.05, 4.69) is 27.3 Å². The van der Waals surface area contributed by atoms with E-state index in [1.807, 2.05) is 72.3 Å². The van der Waals surface area contributed by atoms with E-state index in [1.165, 1.54) is 0 Å². The van der Waals surface area contributed by atoms with Crippen LogP contribution in [0.3, 0.4) is 0 Å². The summed E-state index contributed by atoms with van der Waals surface area (Å²) in [6.07, 6.45) is 1.92. The molecule has 0 bridgehead atoms. The maximum absolute atomic E-state index is 12.7. The highest BCUT2D eigenvalue weighted by atomic mass is 16.1. The highest BCUT2D eigenvalue weighted by Gasteiger charge is 2.13. The second kappa shape index (κ2) is 6.80. The maximum Gasteiger partial charge on any atom is 0.300 e. The van der Waals surface area contributed by atoms with E-state index in [1.54, 1.807) is 0 Å². The quantitative estimate of drug-likeness (QED) is 0.620. The minimum absolute atomic E-state index is 0.346. The zero-order chi connectivity index (χ0) is 17.9. The lowest BCUT2D eigenvalue weighted by Crippen LogP contribution is -2.22. The van der Waals surface area contributed by atoms with Crippen molar-refractivity contribution in [1.82, 2.24) is 14.8 Å². The molecule has 4 rings (SSSR count). The SMILES string of the molecule is Cc1ccc2[nH]nc(C(=O)N=c3ccccn3Cc3ccccc3)c2c1. The third-order valence-corrected chi connectivity index (χ3v) is 4.25. The van der Waals surface area contributed by atoms with Crippen molar-refractivity contribution in [3.05, 3.63) is 95.2 Å². The summed E-state index contributed by atoms with van der Waals surface area (Å²) in [5.74, 6) is -0.352. The van der Waals surface area contributed by atoms with Gasteiger partial charge in [-0.25, -0.2) is 0 Å². The lowest BCUT2D eigenvalue weighted by atomic mass is 10.1. The second-order valence-corrected chi connectivity index (χ2v) is 6.21. The van der Waals surface area contributed by atoms with Crippen LogP contribution in [0.1, 0.15) is 21.6 Å². The molecule has 26 heavy (non-hydrogen) atoms. The van der Waals surface area contributed by atoms with E-state index in [0.29, 0.717) is 17.7 Å². The van der Waals surface area contributed by atoms with Gasteiger partial charge in [0.05, 0.1) is 5.52 Å². The number of rotatable bonds is 3. The van der Waals surface area contributed by atoms with E-state index in [9.17, 15) is 4.79 Å². The maximum atomic E-state index is 12.7. The molecule has 0 aliphatic carbocycles. The summed E-state index contributed by atoms with van der Waals surface area (Å²) in [5.41, 5.74) is 4.00. The van der Waals surface area contributed by atoms with Crippen LogP contribution < -0.4 is 5.49 Å². The molecular formula is C21H18N4O. The summed E-state index contributed by atoms with van der Waals surface area (Å²) < 4.78 is 1.95. The van der Waals surface area contributed by atoms with Crippen LogP contribution in [0.5, 0.6) is 0 Å². The zero-order valence-corrected chi connectivity index (χ0v) is 14.4. The molecule has 0 saturated heterocycles. The number of carbonyl (C=O) groups is 1. The molecule has 5 nitrogen and oxygen atoms in total. The van der Waals surface area contributed by atoms with Crippen LogP contribution in [0, 0.1) is 6.92 Å². The molecule has 2 aromatic carbocycles. The molecule has 2 aromatic heterocycles. The number of nitrogens with one attached hydrogen (secondary N) is 1. The Bertz CT molecular complexity index is 1140. The Labute approximate surface area is 150 Å². The van der Waals surface area contributed by atoms with Crippen LogP contribution in [0.4, 0.5) is 0 Å². The molecule has 1 N–H and O–H groups in total. The number of pyridine rings is 1. The van der Waals surface area contributed by atoms with Crippen LogP contribution in [0.2, 0.25) is 0 Å². The molecule has 0 radical (unpaired) electrons. The van der Waals surface area contributed by atoms with Crippen molar-refractivity contribution in [1.29, 1.82) is 0 Å². The zero-order valence-electron chi connectivity index (χ0n) is 14.4. The number of benzene rings is 2. The largest absolute Gasteiger partial charge is 0.328 e. The summed E-state index contributed by atoms with van der Waals surface area (Å²) in [6.45, 7) is 2.64. The van der Waals surface area contributed by atoms with Crippen molar-refractivity contribution in [2.75, 3.05) is 0 Å². The first kappa shape index (κ1) is 16.0. The fourth-order valence-corrected chi connectivity index (χ4v) is 2.93. The van der Waals surface area contributed by atoms with Gasteiger partial charge in [-0.15, -0.1) is 0 Å². The van der Waals surface area contributed by atoms with Gasteiger partial charge >= 0.3 is 0 Å². The van der Waals surface area contributed by atoms with Gasteiger partial charge in [-0.2, -0.15) is 10.1 Å². The predicted octanol–water partition coefficient (Wildman–Crippen LogP) is 3.46. The third kappa shape index (κ3) is 3.19. The highest BCUT2D eigenvalue weighted by Crippen LogP contribution is 2.18. The van der Waals surface area contributed by atoms with Gasteiger partial charge in [0.25, 0.3) is 5.91 Å². The Morgan fingerprint density at radius 1 is 1.08 bits per heavy atom. The summed E-state index contributed by atoms with van der Waals surface area (Å²) in [5, 5.41) is 7.86. The first-order chi connectivity index (χ1) is 12.7. The van der Waals surface area contributed by atoms with Crippen molar-refractivity contribution in [3.8, 4) is 0 Å². The average Bonchev–Trinajstić information content (AvgIpc) is 3.07. The van der Waals surface area contributed by atoms with Crippen LogP contribution in [-0.4, -0.2) is 20.7 Å². The van der Waals surface area contributed by atoms with Gasteiger partial charge in [0.15, 0.2) is 5.69 Å². The Morgan fingerprint density at radius 3 is 2.73 bits per heavy atom. The molecule has 0 unspecified atom stereocenters. The number of carbonyl (C=O) groups excluding carboxylic acids is 1. The Kier molecular flexibility index (Phi) is 4.19. The molecule has 1 amide bonds. The van der Waals surface area contributed by atoms with E-state index < -0.39 is 0 Å². The number of H-pyrrole nitrogens is 1. The monoisotopic (exact) mass is 342 g/mol. The molecule has 4 aromatic rings. The lowest BCUT2D eigenvalue weighted by molar-refractivity contribution is 0.0994. The molecule has 0 aliphatic rings. The van der Waals surface area contributed by atoms with Gasteiger partial charge in [0, 0.05) is 18.1 Å². The van der Waals surface area contributed by atoms with Crippen LogP contribution in [0.25, 0.3) is 10.9 Å². The van der Waals surface area contributed by atoms with Gasteiger partial charge < -0.3 is 4.57 Å². The molecule has 0 spiro atoms. The number of amides is 1. The third-order valence-electron chi connectivity index (χ3n) is 4.25. The molecule has 5 heteroatoms. The number of aromatic nitrogens is 3. The summed E-state index contributed by atoms with van der Waals surface area (Å²) in [7, 11) is 0. The smallest absolute Gasteiger partial charge is 0.300 e. The lowest BCUT2D eigenvalue weighted by Gasteiger charge is -2.07. The number of nitrogens with zero attached hydrogens (tertiary/aromatic N) is 3. The van der Waals surface area contributed by atoms with Gasteiger partial charge in [-0.1, -0.05) is 48.0 Å². The molecular weight excluding hydrogens is 324 g/mol. The van der Waals surface area contributed by atoms with Gasteiger partial charge in [-0.05, 0) is 36.8 Å². The molecule has 2 heterocycles. The number of aromatic amines is 1. The van der Waals surface area contributed by atoms with Crippen LogP contribution >= 0.6 is 0 Å². The van der Waals surface area contributed by atoms with Crippen molar-refractivity contribution in [2.24, 2.45) is 4.99 Å². The molecule has 0 atom stereocenters. The fraction of sp³-hybridized carbons (Fsp3) is 0.0952. The normalized spacial score (nSPS) is 11.8. The van der Waals surface area contributed by atoms with Crippen molar-refractivity contribution >= 4 is 16.8 Å². The Hall–Kier alpha value is -3.47. The molecule has 0 saturated carbocycles. The fourth-order valence-electron chi connectivity index (χ4n) is 2.93. The number of aryl methyl sites for hydroxylation is 1. The van der Waals surface area contributed by atoms with E-state index >= 15 is 0 Å². The van der Waals surface area contributed by atoms with Crippen molar-refractivity contribution in [2.45, 2.75) is 13.5 Å². The molecule has 0 fully saturated rings. The predicted molar refractivity (Wildman–Crippen MR) is 101 cm³/mol. The van der Waals surface area contributed by atoms with E-state index in [0.717, 1.165) is 22.0 Å². The van der Waals surface area contributed by atoms with Crippen LogP contribution in [0.15, 0.2) is 77.9 Å². The van der Waals surface area contributed by atoms with Crippen LogP contribution in [-0.2, 0) is 6.54 Å².